The molecule has 212 valence electrons. The topological polar surface area (TPSA) is 0 Å². The van der Waals surface area contributed by atoms with E-state index in [4.69, 9.17) is 0 Å². The van der Waals surface area contributed by atoms with Gasteiger partial charge in [0.2, 0.25) is 0 Å². The van der Waals surface area contributed by atoms with Gasteiger partial charge in [0.05, 0.1) is 5.41 Å². The summed E-state index contributed by atoms with van der Waals surface area (Å²) in [5.74, 6) is 0. The van der Waals surface area contributed by atoms with Crippen molar-refractivity contribution < 1.29 is 0 Å². The van der Waals surface area contributed by atoms with E-state index in [0.29, 0.717) is 0 Å². The number of hydrogen-bond acceptors (Lipinski definition) is 1. The predicted molar refractivity (Wildman–Crippen MR) is 193 cm³/mol. The van der Waals surface area contributed by atoms with Crippen molar-refractivity contribution in [3.05, 3.63) is 180 Å². The summed E-state index contributed by atoms with van der Waals surface area (Å²) < 4.78 is 0. The first-order valence-electron chi connectivity index (χ1n) is 16.0. The summed E-state index contributed by atoms with van der Waals surface area (Å²) in [5, 5.41) is 5.31. The van der Waals surface area contributed by atoms with E-state index in [1.54, 1.807) is 0 Å². The number of fused-ring (bicyclic) bond motifs is 14. The lowest BCUT2D eigenvalue weighted by Crippen LogP contribution is -2.26. The molecule has 0 aromatic heterocycles. The SMILES string of the molecule is c1ccc2c(c1)-c1ccccc1C21c2cc(-c3ccc4c(c3)Sc3cccc5cccc-4c35)ccc2-c2ccc3ccccc3c21. The highest BCUT2D eigenvalue weighted by Crippen LogP contribution is 2.64. The quantitative estimate of drug-likeness (QED) is 0.181. The van der Waals surface area contributed by atoms with Crippen molar-refractivity contribution in [2.45, 2.75) is 15.2 Å². The fourth-order valence-corrected chi connectivity index (χ4v) is 10.0. The van der Waals surface area contributed by atoms with Gasteiger partial charge in [0.15, 0.2) is 0 Å². The van der Waals surface area contributed by atoms with Crippen molar-refractivity contribution in [3.8, 4) is 44.5 Å². The van der Waals surface area contributed by atoms with Gasteiger partial charge >= 0.3 is 0 Å². The molecule has 8 aromatic rings. The van der Waals surface area contributed by atoms with Crippen molar-refractivity contribution in [2.75, 3.05) is 0 Å². The van der Waals surface area contributed by atoms with Crippen molar-refractivity contribution in [3.63, 3.8) is 0 Å². The second-order valence-electron chi connectivity index (χ2n) is 12.8. The summed E-state index contributed by atoms with van der Waals surface area (Å²) in [5.41, 5.74) is 15.7. The molecular formula is C45H26S. The van der Waals surface area contributed by atoms with E-state index < -0.39 is 0 Å². The van der Waals surface area contributed by atoms with Crippen LogP contribution in [0.4, 0.5) is 0 Å². The fraction of sp³-hybridized carbons (Fsp3) is 0.0222. The van der Waals surface area contributed by atoms with E-state index >= 15 is 0 Å². The van der Waals surface area contributed by atoms with Gasteiger partial charge in [0.25, 0.3) is 0 Å². The Bertz CT molecular complexity index is 2570. The van der Waals surface area contributed by atoms with Gasteiger partial charge < -0.3 is 0 Å². The Labute approximate surface area is 272 Å². The minimum atomic E-state index is -0.383. The Hall–Kier alpha value is -5.37. The standard InChI is InChI=1S/C45H26S/c1-2-12-31-27(9-1)19-24-37-34-22-20-29(30-21-23-35-36-15-7-10-28-11-8-18-41(43(28)36)46-42(35)26-30)25-40(34)45(44(31)37)38-16-5-3-13-32(38)33-14-4-6-17-39(33)45/h1-26H. The molecule has 0 amide bonds. The Morgan fingerprint density at radius 3 is 1.80 bits per heavy atom. The van der Waals surface area contributed by atoms with Crippen molar-refractivity contribution >= 4 is 33.3 Å². The Kier molecular flexibility index (Phi) is 4.80. The zero-order valence-corrected chi connectivity index (χ0v) is 25.7. The highest BCUT2D eigenvalue weighted by molar-refractivity contribution is 7.99. The van der Waals surface area contributed by atoms with Crippen molar-refractivity contribution in [1.82, 2.24) is 0 Å². The third-order valence-electron chi connectivity index (χ3n) is 10.7. The smallest absolute Gasteiger partial charge is 0.0731 e. The van der Waals surface area contributed by atoms with Crippen LogP contribution in [0, 0.1) is 0 Å². The van der Waals surface area contributed by atoms with E-state index in [0.717, 1.165) is 0 Å². The van der Waals surface area contributed by atoms with Crippen LogP contribution < -0.4 is 0 Å². The van der Waals surface area contributed by atoms with Crippen LogP contribution in [0.15, 0.2) is 168 Å². The van der Waals surface area contributed by atoms with Gasteiger partial charge in [-0.3, -0.25) is 0 Å². The molecule has 0 nitrogen and oxygen atoms in total. The first-order chi connectivity index (χ1) is 22.8. The lowest BCUT2D eigenvalue weighted by atomic mass is 9.69. The summed E-state index contributed by atoms with van der Waals surface area (Å²) >= 11 is 1.90. The lowest BCUT2D eigenvalue weighted by molar-refractivity contribution is 0.801. The molecule has 0 saturated heterocycles. The zero-order chi connectivity index (χ0) is 30.0. The highest BCUT2D eigenvalue weighted by Gasteiger charge is 2.52. The Morgan fingerprint density at radius 2 is 0.978 bits per heavy atom. The molecule has 8 aromatic carbocycles. The molecule has 0 radical (unpaired) electrons. The van der Waals surface area contributed by atoms with Crippen molar-refractivity contribution in [1.29, 1.82) is 0 Å². The van der Waals surface area contributed by atoms with Crippen molar-refractivity contribution in [2.24, 2.45) is 0 Å². The molecule has 1 spiro atoms. The molecule has 0 fully saturated rings. The third-order valence-corrected chi connectivity index (χ3v) is 11.8. The minimum absolute atomic E-state index is 0.383. The summed E-state index contributed by atoms with van der Waals surface area (Å²) in [7, 11) is 0. The molecule has 0 unspecified atom stereocenters. The van der Waals surface area contributed by atoms with Crippen LogP contribution in [-0.4, -0.2) is 0 Å². The largest absolute Gasteiger partial charge is 0.0888 e. The van der Waals surface area contributed by atoms with Gasteiger partial charge in [0.1, 0.15) is 0 Å². The van der Waals surface area contributed by atoms with Gasteiger partial charge in [-0.15, -0.1) is 0 Å². The van der Waals surface area contributed by atoms with Crippen LogP contribution in [0.5, 0.6) is 0 Å². The molecule has 46 heavy (non-hydrogen) atoms. The van der Waals surface area contributed by atoms with E-state index in [1.807, 2.05) is 11.8 Å². The summed E-state index contributed by atoms with van der Waals surface area (Å²) in [6.07, 6.45) is 0. The maximum absolute atomic E-state index is 2.51. The normalized spacial score (nSPS) is 14.2. The third kappa shape index (κ3) is 3.02. The second kappa shape index (κ2) is 8.88. The first-order valence-corrected chi connectivity index (χ1v) is 16.8. The molecule has 11 rings (SSSR count). The molecule has 2 aliphatic carbocycles. The van der Waals surface area contributed by atoms with Gasteiger partial charge in [-0.1, -0.05) is 151 Å². The average molecular weight is 599 g/mol. The molecule has 1 heterocycles. The summed E-state index contributed by atoms with van der Waals surface area (Å²) in [6.45, 7) is 0. The predicted octanol–water partition coefficient (Wildman–Crippen LogP) is 12.1. The summed E-state index contributed by atoms with van der Waals surface area (Å²) in [4.78, 5) is 2.66. The van der Waals surface area contributed by atoms with Crippen LogP contribution in [0.2, 0.25) is 0 Å². The van der Waals surface area contributed by atoms with E-state index in [-0.39, 0.29) is 5.41 Å². The van der Waals surface area contributed by atoms with Crippen LogP contribution in [0.1, 0.15) is 22.3 Å². The lowest BCUT2D eigenvalue weighted by Gasteiger charge is -2.31. The van der Waals surface area contributed by atoms with Gasteiger partial charge in [-0.25, -0.2) is 0 Å². The molecule has 3 aliphatic rings. The van der Waals surface area contributed by atoms with E-state index in [2.05, 4.69) is 158 Å². The second-order valence-corrected chi connectivity index (χ2v) is 13.9. The van der Waals surface area contributed by atoms with Gasteiger partial charge in [-0.05, 0) is 101 Å². The summed E-state index contributed by atoms with van der Waals surface area (Å²) in [6, 6.07) is 59.5. The minimum Gasteiger partial charge on any atom is -0.0888 e. The van der Waals surface area contributed by atoms with E-state index in [9.17, 15) is 0 Å². The number of benzene rings is 8. The molecular weight excluding hydrogens is 573 g/mol. The average Bonchev–Trinajstić information content (AvgIpc) is 3.59. The number of hydrogen-bond donors (Lipinski definition) is 0. The molecule has 0 saturated carbocycles. The van der Waals surface area contributed by atoms with Gasteiger partial charge in [-0.2, -0.15) is 0 Å². The molecule has 1 aliphatic heterocycles. The molecule has 0 bridgehead atoms. The number of rotatable bonds is 1. The molecule has 0 atom stereocenters. The van der Waals surface area contributed by atoms with Gasteiger partial charge in [0, 0.05) is 15.2 Å². The van der Waals surface area contributed by atoms with Crippen LogP contribution in [-0.2, 0) is 5.41 Å². The monoisotopic (exact) mass is 598 g/mol. The van der Waals surface area contributed by atoms with Crippen LogP contribution in [0.25, 0.3) is 66.1 Å². The zero-order valence-electron chi connectivity index (χ0n) is 24.9. The van der Waals surface area contributed by atoms with Crippen LogP contribution >= 0.6 is 11.8 Å². The van der Waals surface area contributed by atoms with E-state index in [1.165, 1.54) is 98.1 Å². The van der Waals surface area contributed by atoms with Crippen LogP contribution in [0.3, 0.4) is 0 Å². The highest BCUT2D eigenvalue weighted by atomic mass is 32.2. The Balaban J connectivity index is 1.18. The Morgan fingerprint density at radius 1 is 0.370 bits per heavy atom. The first kappa shape index (κ1) is 24.9. The molecule has 0 N–H and O–H groups in total. The maximum Gasteiger partial charge on any atom is 0.0731 e. The maximum atomic E-state index is 2.51. The molecule has 1 heteroatoms. The fourth-order valence-electron chi connectivity index (χ4n) is 8.84.